The summed E-state index contributed by atoms with van der Waals surface area (Å²) in [6, 6.07) is -0.178. The smallest absolute Gasteiger partial charge is 0.310 e. The summed E-state index contributed by atoms with van der Waals surface area (Å²) in [6.07, 6.45) is 8.48. The highest BCUT2D eigenvalue weighted by Gasteiger charge is 2.55. The molecule has 2 saturated heterocycles. The minimum Gasteiger partial charge on any atom is -0.462 e. The summed E-state index contributed by atoms with van der Waals surface area (Å²) >= 11 is 0. The Balaban J connectivity index is 1.44. The van der Waals surface area contributed by atoms with E-state index in [2.05, 4.69) is 24.1 Å². The van der Waals surface area contributed by atoms with Crippen molar-refractivity contribution >= 4 is 11.9 Å². The second kappa shape index (κ2) is 6.99. The Bertz CT molecular complexity index is 604. The van der Waals surface area contributed by atoms with Gasteiger partial charge in [-0.25, -0.2) is 0 Å². The molecule has 4 fully saturated rings. The number of esters is 1. The Kier molecular flexibility index (Phi) is 4.84. The Morgan fingerprint density at radius 3 is 3.00 bits per heavy atom. The van der Waals surface area contributed by atoms with Crippen molar-refractivity contribution in [2.24, 2.45) is 23.2 Å². The summed E-state index contributed by atoms with van der Waals surface area (Å²) in [5.41, 5.74) is 1.60. The minimum atomic E-state index is -0.178. The molecule has 6 atom stereocenters. The molecule has 0 radical (unpaired) electrons. The zero-order valence-electron chi connectivity index (χ0n) is 15.9. The summed E-state index contributed by atoms with van der Waals surface area (Å²) in [4.78, 5) is 24.7. The molecule has 5 heteroatoms. The molecule has 26 heavy (non-hydrogen) atoms. The summed E-state index contributed by atoms with van der Waals surface area (Å²) in [5.74, 6) is 0.638. The molecule has 1 amide bonds. The highest BCUT2D eigenvalue weighted by molar-refractivity contribution is 5.82. The van der Waals surface area contributed by atoms with Crippen LogP contribution in [0, 0.1) is 23.2 Å². The summed E-state index contributed by atoms with van der Waals surface area (Å²) in [5, 5.41) is 6.33. The van der Waals surface area contributed by atoms with Gasteiger partial charge in [0, 0.05) is 19.0 Å². The van der Waals surface area contributed by atoms with Crippen LogP contribution < -0.4 is 10.6 Å². The van der Waals surface area contributed by atoms with Crippen molar-refractivity contribution in [1.29, 1.82) is 0 Å². The number of hydrogen-bond donors (Lipinski definition) is 2. The third kappa shape index (κ3) is 3.19. The van der Waals surface area contributed by atoms with Crippen molar-refractivity contribution < 1.29 is 14.3 Å². The number of hydrogen-bond acceptors (Lipinski definition) is 4. The first kappa shape index (κ1) is 18.0. The van der Waals surface area contributed by atoms with E-state index in [0.29, 0.717) is 12.5 Å². The Morgan fingerprint density at radius 1 is 1.31 bits per heavy atom. The lowest BCUT2D eigenvalue weighted by Crippen LogP contribution is -2.48. The summed E-state index contributed by atoms with van der Waals surface area (Å²) < 4.78 is 5.81. The standard InChI is InChI=1S/C21H32N2O3/c1-13-6-5-8-21(2)11-18-14(10-16(13)21)15(20(25)26-18)12-23-17-7-3-4-9-22-19(17)24/h14-18,23H,1,3-12H2,2H3,(H,22,24)/t14-,15-,16-,17+,18-,21-/m1/s1. The fraction of sp³-hybridized carbons (Fsp3) is 0.810. The summed E-state index contributed by atoms with van der Waals surface area (Å²) in [6.45, 7) is 8.01. The highest BCUT2D eigenvalue weighted by atomic mass is 16.6. The van der Waals surface area contributed by atoms with Gasteiger partial charge < -0.3 is 15.4 Å². The van der Waals surface area contributed by atoms with Crippen LogP contribution in [0.1, 0.15) is 58.3 Å². The third-order valence-electron chi connectivity index (χ3n) is 7.44. The fourth-order valence-corrected chi connectivity index (χ4v) is 5.89. The summed E-state index contributed by atoms with van der Waals surface area (Å²) in [7, 11) is 0. The van der Waals surface area contributed by atoms with E-state index in [1.54, 1.807) is 0 Å². The molecular formula is C21H32N2O3. The molecule has 5 nitrogen and oxygen atoms in total. The molecular weight excluding hydrogens is 328 g/mol. The average Bonchev–Trinajstić information content (AvgIpc) is 2.74. The molecule has 0 aromatic rings. The molecule has 2 aliphatic carbocycles. The first-order valence-corrected chi connectivity index (χ1v) is 10.4. The van der Waals surface area contributed by atoms with Gasteiger partial charge in [-0.2, -0.15) is 0 Å². The molecule has 0 bridgehead atoms. The lowest BCUT2D eigenvalue weighted by molar-refractivity contribution is -0.146. The van der Waals surface area contributed by atoms with Crippen LogP contribution in [0.15, 0.2) is 12.2 Å². The molecule has 144 valence electrons. The molecule has 2 saturated carbocycles. The molecule has 0 aromatic carbocycles. The molecule has 2 heterocycles. The van der Waals surface area contributed by atoms with Crippen LogP contribution >= 0.6 is 0 Å². The predicted octanol–water partition coefficient (Wildman–Crippen LogP) is 2.56. The predicted molar refractivity (Wildman–Crippen MR) is 99.3 cm³/mol. The maximum absolute atomic E-state index is 12.6. The molecule has 0 spiro atoms. The number of amides is 1. The number of fused-ring (bicyclic) bond motifs is 2. The Hall–Kier alpha value is -1.36. The number of rotatable bonds is 3. The van der Waals surface area contributed by atoms with E-state index in [0.717, 1.165) is 45.1 Å². The SMILES string of the molecule is C=C1CCC[C@]2(C)C[C@H]3OC(=O)[C@H](CN[C@H]4CCCCNC4=O)[C@H]3C[C@H]12. The second-order valence-electron chi connectivity index (χ2n) is 9.15. The van der Waals surface area contributed by atoms with Gasteiger partial charge in [0.15, 0.2) is 0 Å². The lowest BCUT2D eigenvalue weighted by atomic mass is 9.55. The quantitative estimate of drug-likeness (QED) is 0.600. The molecule has 0 aromatic heterocycles. The van der Waals surface area contributed by atoms with Gasteiger partial charge in [-0.1, -0.05) is 19.1 Å². The largest absolute Gasteiger partial charge is 0.462 e. The van der Waals surface area contributed by atoms with Crippen LogP contribution in [-0.4, -0.2) is 37.1 Å². The van der Waals surface area contributed by atoms with E-state index in [4.69, 9.17) is 4.74 Å². The Labute approximate surface area is 156 Å². The van der Waals surface area contributed by atoms with Crippen molar-refractivity contribution in [3.63, 3.8) is 0 Å². The van der Waals surface area contributed by atoms with Crippen molar-refractivity contribution in [3.8, 4) is 0 Å². The number of ether oxygens (including phenoxy) is 1. The third-order valence-corrected chi connectivity index (χ3v) is 7.44. The second-order valence-corrected chi connectivity index (χ2v) is 9.15. The number of allylic oxidation sites excluding steroid dienone is 1. The monoisotopic (exact) mass is 360 g/mol. The zero-order valence-corrected chi connectivity index (χ0v) is 15.9. The lowest BCUT2D eigenvalue weighted by Gasteiger charge is -2.50. The Morgan fingerprint density at radius 2 is 2.15 bits per heavy atom. The maximum atomic E-state index is 12.6. The average molecular weight is 360 g/mol. The fourth-order valence-electron chi connectivity index (χ4n) is 5.89. The van der Waals surface area contributed by atoms with Gasteiger partial charge in [-0.05, 0) is 62.7 Å². The van der Waals surface area contributed by atoms with Crippen molar-refractivity contribution in [3.05, 3.63) is 12.2 Å². The van der Waals surface area contributed by atoms with E-state index >= 15 is 0 Å². The van der Waals surface area contributed by atoms with Gasteiger partial charge in [0.2, 0.25) is 5.91 Å². The van der Waals surface area contributed by atoms with E-state index in [9.17, 15) is 9.59 Å². The van der Waals surface area contributed by atoms with Crippen molar-refractivity contribution in [2.45, 2.75) is 70.4 Å². The van der Waals surface area contributed by atoms with E-state index in [1.807, 2.05) is 0 Å². The number of nitrogens with one attached hydrogen (secondary N) is 2. The molecule has 2 aliphatic heterocycles. The maximum Gasteiger partial charge on any atom is 0.310 e. The van der Waals surface area contributed by atoms with Crippen LogP contribution in [-0.2, 0) is 14.3 Å². The van der Waals surface area contributed by atoms with Gasteiger partial charge in [-0.3, -0.25) is 9.59 Å². The van der Waals surface area contributed by atoms with Crippen molar-refractivity contribution in [1.82, 2.24) is 10.6 Å². The molecule has 4 rings (SSSR count). The van der Waals surface area contributed by atoms with E-state index in [1.165, 1.54) is 18.4 Å². The van der Waals surface area contributed by atoms with Crippen LogP contribution in [0.5, 0.6) is 0 Å². The zero-order chi connectivity index (χ0) is 18.3. The number of carbonyl (C=O) groups is 2. The van der Waals surface area contributed by atoms with Crippen LogP contribution in [0.2, 0.25) is 0 Å². The van der Waals surface area contributed by atoms with E-state index < -0.39 is 0 Å². The highest BCUT2D eigenvalue weighted by Crippen LogP contribution is 2.56. The molecule has 4 aliphatic rings. The molecule has 0 unspecified atom stereocenters. The van der Waals surface area contributed by atoms with E-state index in [-0.39, 0.29) is 41.3 Å². The van der Waals surface area contributed by atoms with Gasteiger partial charge in [0.05, 0.1) is 12.0 Å². The van der Waals surface area contributed by atoms with Crippen LogP contribution in [0.25, 0.3) is 0 Å². The van der Waals surface area contributed by atoms with Gasteiger partial charge in [0.1, 0.15) is 6.10 Å². The van der Waals surface area contributed by atoms with Gasteiger partial charge in [-0.15, -0.1) is 0 Å². The van der Waals surface area contributed by atoms with Crippen LogP contribution in [0.3, 0.4) is 0 Å². The van der Waals surface area contributed by atoms with Gasteiger partial charge in [0.25, 0.3) is 0 Å². The molecule has 2 N–H and O–H groups in total. The topological polar surface area (TPSA) is 67.4 Å². The first-order chi connectivity index (χ1) is 12.5. The van der Waals surface area contributed by atoms with Gasteiger partial charge >= 0.3 is 5.97 Å². The van der Waals surface area contributed by atoms with Crippen LogP contribution in [0.4, 0.5) is 0 Å². The normalized spacial score (nSPS) is 43.1. The van der Waals surface area contributed by atoms with Crippen molar-refractivity contribution in [2.75, 3.05) is 13.1 Å². The minimum absolute atomic E-state index is 0.0458. The number of carbonyl (C=O) groups excluding carboxylic acids is 2. The first-order valence-electron chi connectivity index (χ1n) is 10.4.